The van der Waals surface area contributed by atoms with Crippen molar-refractivity contribution in [3.63, 3.8) is 0 Å². The van der Waals surface area contributed by atoms with Gasteiger partial charge in [0, 0.05) is 6.42 Å². The van der Waals surface area contributed by atoms with E-state index in [0.717, 1.165) is 11.1 Å². The van der Waals surface area contributed by atoms with Crippen LogP contribution in [0.15, 0.2) is 35.9 Å². The molecule has 1 atom stereocenters. The molecule has 0 spiro atoms. The Balaban J connectivity index is 2.65. The second-order valence-corrected chi connectivity index (χ2v) is 4.38. The molecule has 0 saturated heterocycles. The van der Waals surface area contributed by atoms with E-state index in [-0.39, 0.29) is 17.5 Å². The summed E-state index contributed by atoms with van der Waals surface area (Å²) in [7, 11) is 0. The molecule has 0 fully saturated rings. The van der Waals surface area contributed by atoms with Crippen molar-refractivity contribution in [2.24, 2.45) is 0 Å². The van der Waals surface area contributed by atoms with Crippen molar-refractivity contribution in [2.75, 3.05) is 0 Å². The van der Waals surface area contributed by atoms with Crippen LogP contribution >= 0.6 is 0 Å². The Hall–Kier alpha value is -1.57. The number of rotatable bonds is 4. The maximum Gasteiger partial charge on any atom is 0.156 e. The van der Waals surface area contributed by atoms with Gasteiger partial charge in [0.15, 0.2) is 5.78 Å². The second-order valence-electron chi connectivity index (χ2n) is 4.38. The topological polar surface area (TPSA) is 37.3 Å². The second kappa shape index (κ2) is 5.50. The standard InChI is InChI=1S/C14H18O2/c1-10(2)8-14(16)9-11(3)12-4-6-13(15)7-5-12/h4-8,11,15H,9H2,1-3H3. The summed E-state index contributed by atoms with van der Waals surface area (Å²) < 4.78 is 0. The predicted octanol–water partition coefficient (Wildman–Crippen LogP) is 3.42. The van der Waals surface area contributed by atoms with E-state index in [1.54, 1.807) is 18.2 Å². The van der Waals surface area contributed by atoms with Crippen LogP contribution in [0.1, 0.15) is 38.7 Å². The zero-order valence-corrected chi connectivity index (χ0v) is 10.0. The summed E-state index contributed by atoms with van der Waals surface area (Å²) >= 11 is 0. The average molecular weight is 218 g/mol. The van der Waals surface area contributed by atoms with Crippen LogP contribution in [0.3, 0.4) is 0 Å². The molecule has 86 valence electrons. The molecular formula is C14H18O2. The molecule has 0 radical (unpaired) electrons. The number of hydrogen-bond donors (Lipinski definition) is 1. The lowest BCUT2D eigenvalue weighted by Crippen LogP contribution is -2.01. The lowest BCUT2D eigenvalue weighted by Gasteiger charge is -2.09. The normalized spacial score (nSPS) is 11.9. The smallest absolute Gasteiger partial charge is 0.156 e. The van der Waals surface area contributed by atoms with Gasteiger partial charge < -0.3 is 5.11 Å². The first kappa shape index (κ1) is 12.5. The van der Waals surface area contributed by atoms with Crippen LogP contribution in [-0.2, 0) is 4.79 Å². The van der Waals surface area contributed by atoms with Crippen molar-refractivity contribution < 1.29 is 9.90 Å². The van der Waals surface area contributed by atoms with E-state index in [9.17, 15) is 4.79 Å². The lowest BCUT2D eigenvalue weighted by atomic mass is 9.95. The highest BCUT2D eigenvalue weighted by molar-refractivity contribution is 5.90. The van der Waals surface area contributed by atoms with E-state index >= 15 is 0 Å². The van der Waals surface area contributed by atoms with Gasteiger partial charge in [-0.1, -0.05) is 24.6 Å². The predicted molar refractivity (Wildman–Crippen MR) is 65.6 cm³/mol. The number of carbonyl (C=O) groups excluding carboxylic acids is 1. The minimum Gasteiger partial charge on any atom is -0.508 e. The van der Waals surface area contributed by atoms with Crippen LogP contribution in [0.2, 0.25) is 0 Å². The van der Waals surface area contributed by atoms with Gasteiger partial charge in [-0.2, -0.15) is 0 Å². The van der Waals surface area contributed by atoms with Crippen LogP contribution < -0.4 is 0 Å². The van der Waals surface area contributed by atoms with Gasteiger partial charge in [-0.25, -0.2) is 0 Å². The maximum atomic E-state index is 11.6. The van der Waals surface area contributed by atoms with Crippen LogP contribution in [-0.4, -0.2) is 10.9 Å². The molecule has 1 aromatic rings. The number of phenolic OH excluding ortho intramolecular Hbond substituents is 1. The van der Waals surface area contributed by atoms with Gasteiger partial charge in [0.25, 0.3) is 0 Å². The zero-order valence-electron chi connectivity index (χ0n) is 10.0. The summed E-state index contributed by atoms with van der Waals surface area (Å²) in [6.07, 6.45) is 2.19. The van der Waals surface area contributed by atoms with Crippen LogP contribution in [0, 0.1) is 0 Å². The fraction of sp³-hybridized carbons (Fsp3) is 0.357. The molecule has 0 aliphatic rings. The highest BCUT2D eigenvalue weighted by Gasteiger charge is 2.09. The Morgan fingerprint density at radius 3 is 2.38 bits per heavy atom. The Bertz CT molecular complexity index is 384. The Labute approximate surface area is 96.6 Å². The van der Waals surface area contributed by atoms with E-state index in [4.69, 9.17) is 5.11 Å². The number of ketones is 1. The first-order valence-corrected chi connectivity index (χ1v) is 5.45. The van der Waals surface area contributed by atoms with Gasteiger partial charge in [-0.15, -0.1) is 0 Å². The van der Waals surface area contributed by atoms with Crippen LogP contribution in [0.5, 0.6) is 5.75 Å². The molecule has 1 rings (SSSR count). The number of phenols is 1. The van der Waals surface area contributed by atoms with Crippen LogP contribution in [0.25, 0.3) is 0 Å². The largest absolute Gasteiger partial charge is 0.508 e. The van der Waals surface area contributed by atoms with E-state index < -0.39 is 0 Å². The molecule has 0 aromatic heterocycles. The minimum absolute atomic E-state index is 0.153. The molecule has 1 aromatic carbocycles. The van der Waals surface area contributed by atoms with E-state index in [0.29, 0.717) is 6.42 Å². The number of benzene rings is 1. The summed E-state index contributed by atoms with van der Waals surface area (Å²) in [4.78, 5) is 11.6. The fourth-order valence-corrected chi connectivity index (χ4v) is 1.60. The van der Waals surface area contributed by atoms with Gasteiger partial charge in [0.05, 0.1) is 0 Å². The minimum atomic E-state index is 0.153. The molecular weight excluding hydrogens is 200 g/mol. The molecule has 2 nitrogen and oxygen atoms in total. The van der Waals surface area contributed by atoms with Gasteiger partial charge >= 0.3 is 0 Å². The van der Waals surface area contributed by atoms with Crippen molar-refractivity contribution in [1.82, 2.24) is 0 Å². The number of aromatic hydroxyl groups is 1. The van der Waals surface area contributed by atoms with Crippen molar-refractivity contribution in [3.05, 3.63) is 41.5 Å². The van der Waals surface area contributed by atoms with Gasteiger partial charge in [0.2, 0.25) is 0 Å². The number of carbonyl (C=O) groups is 1. The monoisotopic (exact) mass is 218 g/mol. The highest BCUT2D eigenvalue weighted by Crippen LogP contribution is 2.21. The molecule has 1 N–H and O–H groups in total. The number of hydrogen-bond acceptors (Lipinski definition) is 2. The Morgan fingerprint density at radius 2 is 1.88 bits per heavy atom. The summed E-state index contributed by atoms with van der Waals surface area (Å²) in [5, 5.41) is 9.16. The molecule has 0 saturated carbocycles. The molecule has 0 bridgehead atoms. The third-order valence-corrected chi connectivity index (χ3v) is 2.42. The quantitative estimate of drug-likeness (QED) is 0.786. The first-order chi connectivity index (χ1) is 7.49. The van der Waals surface area contributed by atoms with Gasteiger partial charge in [-0.3, -0.25) is 4.79 Å². The summed E-state index contributed by atoms with van der Waals surface area (Å²) in [6.45, 7) is 5.86. The molecule has 0 aliphatic heterocycles. The molecule has 1 unspecified atom stereocenters. The third kappa shape index (κ3) is 3.89. The van der Waals surface area contributed by atoms with Gasteiger partial charge in [-0.05, 0) is 43.5 Å². The third-order valence-electron chi connectivity index (χ3n) is 2.42. The van der Waals surface area contributed by atoms with E-state index in [2.05, 4.69) is 0 Å². The van der Waals surface area contributed by atoms with Crippen molar-refractivity contribution in [2.45, 2.75) is 33.1 Å². The molecule has 0 aliphatic carbocycles. The average Bonchev–Trinajstić information content (AvgIpc) is 2.16. The van der Waals surface area contributed by atoms with E-state index in [1.165, 1.54) is 0 Å². The first-order valence-electron chi connectivity index (χ1n) is 5.45. The number of allylic oxidation sites excluding steroid dienone is 2. The zero-order chi connectivity index (χ0) is 12.1. The summed E-state index contributed by atoms with van der Waals surface area (Å²) in [5.74, 6) is 0.593. The fourth-order valence-electron chi connectivity index (χ4n) is 1.60. The SMILES string of the molecule is CC(C)=CC(=O)CC(C)c1ccc(O)cc1. The molecule has 0 amide bonds. The lowest BCUT2D eigenvalue weighted by molar-refractivity contribution is -0.114. The van der Waals surface area contributed by atoms with Crippen LogP contribution in [0.4, 0.5) is 0 Å². The highest BCUT2D eigenvalue weighted by atomic mass is 16.3. The molecule has 16 heavy (non-hydrogen) atoms. The van der Waals surface area contributed by atoms with E-state index in [1.807, 2.05) is 32.9 Å². The maximum absolute atomic E-state index is 11.6. The van der Waals surface area contributed by atoms with Crippen molar-refractivity contribution >= 4 is 5.78 Å². The van der Waals surface area contributed by atoms with Crippen molar-refractivity contribution in [3.8, 4) is 5.75 Å². The summed E-state index contributed by atoms with van der Waals surface area (Å²) in [6, 6.07) is 7.01. The summed E-state index contributed by atoms with van der Waals surface area (Å²) in [5.41, 5.74) is 2.11. The van der Waals surface area contributed by atoms with Crippen molar-refractivity contribution in [1.29, 1.82) is 0 Å². The Morgan fingerprint density at radius 1 is 1.31 bits per heavy atom. The van der Waals surface area contributed by atoms with Gasteiger partial charge in [0.1, 0.15) is 5.75 Å². The molecule has 0 heterocycles. The molecule has 2 heteroatoms. The Kier molecular flexibility index (Phi) is 4.29.